The topological polar surface area (TPSA) is 38.3 Å². The highest BCUT2D eigenvalue weighted by atomic mass is 32.2. The van der Waals surface area contributed by atoms with Gasteiger partial charge in [-0.2, -0.15) is 11.8 Å². The van der Waals surface area contributed by atoms with Gasteiger partial charge in [0, 0.05) is 11.8 Å². The first kappa shape index (κ1) is 12.8. The Labute approximate surface area is 84.6 Å². The summed E-state index contributed by atoms with van der Waals surface area (Å²) >= 11 is 1.78. The third-order valence-corrected chi connectivity index (χ3v) is 2.44. The van der Waals surface area contributed by atoms with E-state index in [2.05, 4.69) is 18.5 Å². The molecule has 0 saturated carbocycles. The van der Waals surface area contributed by atoms with Crippen LogP contribution in [0.15, 0.2) is 0 Å². The first-order valence-corrected chi connectivity index (χ1v) is 6.01. The zero-order chi connectivity index (χ0) is 10.1. The highest BCUT2D eigenvalue weighted by Gasteiger charge is 2.07. The molecule has 13 heavy (non-hydrogen) atoms. The monoisotopic (exact) mass is 205 g/mol. The van der Waals surface area contributed by atoms with Crippen molar-refractivity contribution < 1.29 is 9.53 Å². The Bertz CT molecular complexity index is 142. The Morgan fingerprint density at radius 3 is 2.69 bits per heavy atom. The minimum Gasteiger partial charge on any atom is -0.465 e. The van der Waals surface area contributed by atoms with Crippen LogP contribution in [0.3, 0.4) is 0 Å². The number of hydrogen-bond acceptors (Lipinski definition) is 4. The average molecular weight is 205 g/mol. The van der Waals surface area contributed by atoms with Gasteiger partial charge >= 0.3 is 5.97 Å². The van der Waals surface area contributed by atoms with Gasteiger partial charge in [-0.3, -0.25) is 4.79 Å². The lowest BCUT2D eigenvalue weighted by atomic mass is 10.2. The molecule has 0 aromatic rings. The van der Waals surface area contributed by atoms with Crippen LogP contribution < -0.4 is 5.32 Å². The van der Waals surface area contributed by atoms with Gasteiger partial charge in [0.15, 0.2) is 0 Å². The van der Waals surface area contributed by atoms with Gasteiger partial charge in [-0.05, 0) is 19.6 Å². The molecule has 3 nitrogen and oxygen atoms in total. The highest BCUT2D eigenvalue weighted by Crippen LogP contribution is 2.00. The molecule has 0 spiro atoms. The molecule has 4 heteroatoms. The lowest BCUT2D eigenvalue weighted by Crippen LogP contribution is -2.35. The van der Waals surface area contributed by atoms with Crippen molar-refractivity contribution in [1.29, 1.82) is 0 Å². The van der Waals surface area contributed by atoms with Gasteiger partial charge in [-0.1, -0.05) is 6.92 Å². The zero-order valence-electron chi connectivity index (χ0n) is 8.63. The normalized spacial score (nSPS) is 12.5. The van der Waals surface area contributed by atoms with Crippen LogP contribution in [-0.2, 0) is 9.53 Å². The van der Waals surface area contributed by atoms with Crippen LogP contribution in [0.5, 0.6) is 0 Å². The number of rotatable bonds is 7. The zero-order valence-corrected chi connectivity index (χ0v) is 9.45. The fourth-order valence-electron chi connectivity index (χ4n) is 0.962. The minimum absolute atomic E-state index is 0.165. The number of hydrogen-bond donors (Lipinski definition) is 1. The Hall–Kier alpha value is -0.220. The van der Waals surface area contributed by atoms with Crippen LogP contribution in [0.25, 0.3) is 0 Å². The maximum Gasteiger partial charge on any atom is 0.319 e. The number of carbonyl (C=O) groups is 1. The van der Waals surface area contributed by atoms with Crippen molar-refractivity contribution >= 4 is 17.7 Å². The van der Waals surface area contributed by atoms with Crippen molar-refractivity contribution in [3.8, 4) is 0 Å². The fourth-order valence-corrected chi connectivity index (χ4v) is 1.72. The number of ether oxygens (including phenoxy) is 1. The second kappa shape index (κ2) is 8.38. The first-order valence-electron chi connectivity index (χ1n) is 4.62. The molecule has 78 valence electrons. The van der Waals surface area contributed by atoms with E-state index in [0.29, 0.717) is 19.2 Å². The third-order valence-electron chi connectivity index (χ3n) is 1.70. The molecular formula is C9H19NO2S. The number of esters is 1. The van der Waals surface area contributed by atoms with Gasteiger partial charge < -0.3 is 10.1 Å². The lowest BCUT2D eigenvalue weighted by Gasteiger charge is -2.14. The summed E-state index contributed by atoms with van der Waals surface area (Å²) in [6, 6.07) is 0.416. The maximum absolute atomic E-state index is 11.0. The number of carbonyl (C=O) groups excluding carboxylic acids is 1. The summed E-state index contributed by atoms with van der Waals surface area (Å²) < 4.78 is 4.81. The molecule has 0 bridgehead atoms. The quantitative estimate of drug-likeness (QED) is 0.635. The van der Waals surface area contributed by atoms with Gasteiger partial charge in [0.25, 0.3) is 0 Å². The van der Waals surface area contributed by atoms with Crippen molar-refractivity contribution in [3.05, 3.63) is 0 Å². The Kier molecular flexibility index (Phi) is 8.24. The SMILES string of the molecule is CCOC(=O)CNC(CC)CSC. The van der Waals surface area contributed by atoms with E-state index < -0.39 is 0 Å². The van der Waals surface area contributed by atoms with Crippen LogP contribution in [-0.4, -0.2) is 37.2 Å². The van der Waals surface area contributed by atoms with Gasteiger partial charge in [-0.25, -0.2) is 0 Å². The lowest BCUT2D eigenvalue weighted by molar-refractivity contribution is -0.142. The molecule has 1 unspecified atom stereocenters. The minimum atomic E-state index is -0.165. The fraction of sp³-hybridized carbons (Fsp3) is 0.889. The standard InChI is InChI=1S/C9H19NO2S/c1-4-8(7-13-3)10-6-9(11)12-5-2/h8,10H,4-7H2,1-3H3. The van der Waals surface area contributed by atoms with Gasteiger partial charge in [0.2, 0.25) is 0 Å². The van der Waals surface area contributed by atoms with Crippen LogP contribution in [0.2, 0.25) is 0 Å². The van der Waals surface area contributed by atoms with Crippen LogP contribution >= 0.6 is 11.8 Å². The Morgan fingerprint density at radius 2 is 2.23 bits per heavy atom. The Balaban J connectivity index is 3.52. The van der Waals surface area contributed by atoms with Crippen molar-refractivity contribution in [2.75, 3.05) is 25.2 Å². The second-order valence-electron chi connectivity index (χ2n) is 2.75. The molecule has 0 fully saturated rings. The van der Waals surface area contributed by atoms with Crippen molar-refractivity contribution in [3.63, 3.8) is 0 Å². The van der Waals surface area contributed by atoms with Crippen molar-refractivity contribution in [2.24, 2.45) is 0 Å². The predicted molar refractivity (Wildman–Crippen MR) is 57.1 cm³/mol. The van der Waals surface area contributed by atoms with Gasteiger partial charge in [0.1, 0.15) is 0 Å². The summed E-state index contributed by atoms with van der Waals surface area (Å²) in [5.41, 5.74) is 0. The third kappa shape index (κ3) is 6.90. The summed E-state index contributed by atoms with van der Waals surface area (Å²) in [5.74, 6) is 0.873. The van der Waals surface area contributed by atoms with E-state index in [-0.39, 0.29) is 5.97 Å². The summed E-state index contributed by atoms with van der Waals surface area (Å²) in [7, 11) is 0. The molecule has 0 aliphatic rings. The van der Waals surface area contributed by atoms with Gasteiger partial charge in [-0.15, -0.1) is 0 Å². The van der Waals surface area contributed by atoms with Gasteiger partial charge in [0.05, 0.1) is 13.2 Å². The van der Waals surface area contributed by atoms with E-state index in [4.69, 9.17) is 4.74 Å². The van der Waals surface area contributed by atoms with Crippen LogP contribution in [0.4, 0.5) is 0 Å². The molecule has 0 radical (unpaired) electrons. The summed E-state index contributed by atoms with van der Waals surface area (Å²) in [6.07, 6.45) is 3.11. The molecular weight excluding hydrogens is 186 g/mol. The maximum atomic E-state index is 11.0. The highest BCUT2D eigenvalue weighted by molar-refractivity contribution is 7.98. The summed E-state index contributed by atoms with van der Waals surface area (Å²) in [6.45, 7) is 4.71. The van der Waals surface area contributed by atoms with Crippen LogP contribution in [0, 0.1) is 0 Å². The van der Waals surface area contributed by atoms with E-state index in [1.165, 1.54) is 0 Å². The number of thioether (sulfide) groups is 1. The summed E-state index contributed by atoms with van der Waals surface area (Å²) in [5, 5.41) is 3.16. The molecule has 0 amide bonds. The van der Waals surface area contributed by atoms with Crippen LogP contribution in [0.1, 0.15) is 20.3 Å². The van der Waals surface area contributed by atoms with E-state index in [1.54, 1.807) is 11.8 Å². The second-order valence-corrected chi connectivity index (χ2v) is 3.66. The number of nitrogens with one attached hydrogen (secondary N) is 1. The Morgan fingerprint density at radius 1 is 1.54 bits per heavy atom. The average Bonchev–Trinajstić information content (AvgIpc) is 2.12. The summed E-state index contributed by atoms with van der Waals surface area (Å²) in [4.78, 5) is 11.0. The van der Waals surface area contributed by atoms with E-state index >= 15 is 0 Å². The first-order chi connectivity index (χ1) is 6.24. The molecule has 0 rings (SSSR count). The molecule has 1 N–H and O–H groups in total. The van der Waals surface area contributed by atoms with E-state index in [1.807, 2.05) is 6.92 Å². The van der Waals surface area contributed by atoms with E-state index in [9.17, 15) is 4.79 Å². The predicted octanol–water partition coefficient (Wildman–Crippen LogP) is 1.28. The smallest absolute Gasteiger partial charge is 0.319 e. The molecule has 0 saturated heterocycles. The molecule has 1 atom stereocenters. The van der Waals surface area contributed by atoms with Crippen molar-refractivity contribution in [2.45, 2.75) is 26.3 Å². The van der Waals surface area contributed by atoms with E-state index in [0.717, 1.165) is 12.2 Å². The largest absolute Gasteiger partial charge is 0.465 e. The molecule has 0 heterocycles. The van der Waals surface area contributed by atoms with Crippen molar-refractivity contribution in [1.82, 2.24) is 5.32 Å². The molecule has 0 aromatic heterocycles. The molecule has 0 aliphatic carbocycles. The molecule has 0 aromatic carbocycles. The molecule has 0 aliphatic heterocycles.